The van der Waals surface area contributed by atoms with Crippen LogP contribution in [0.15, 0.2) is 39.7 Å². The molecule has 1 aliphatic heterocycles. The fourth-order valence-electron chi connectivity index (χ4n) is 3.06. The van der Waals surface area contributed by atoms with Crippen LogP contribution in [0.5, 0.6) is 0 Å². The monoisotopic (exact) mass is 487 g/mol. The normalized spacial score (nSPS) is 15.5. The van der Waals surface area contributed by atoms with Crippen LogP contribution in [0, 0.1) is 5.92 Å². The first kappa shape index (κ1) is 22.0. The van der Waals surface area contributed by atoms with E-state index in [0.717, 1.165) is 74.9 Å². The number of fused-ring (bicyclic) bond motifs is 1. The first-order valence-corrected chi connectivity index (χ1v) is 9.42. The number of aliphatic imine (C=N–C) groups is 1. The molecule has 0 bridgehead atoms. The van der Waals surface area contributed by atoms with Crippen molar-refractivity contribution in [2.75, 3.05) is 40.0 Å². The van der Waals surface area contributed by atoms with Gasteiger partial charge in [-0.25, -0.2) is 0 Å². The lowest BCUT2D eigenvalue weighted by Gasteiger charge is -2.21. The lowest BCUT2D eigenvalue weighted by Crippen LogP contribution is -2.37. The van der Waals surface area contributed by atoms with Gasteiger partial charge in [-0.05, 0) is 37.3 Å². The summed E-state index contributed by atoms with van der Waals surface area (Å²) in [6, 6.07) is 10.1. The van der Waals surface area contributed by atoms with Crippen LogP contribution in [-0.2, 0) is 16.0 Å². The summed E-state index contributed by atoms with van der Waals surface area (Å²) in [7, 11) is 1.77. The lowest BCUT2D eigenvalue weighted by atomic mass is 10.0. The highest BCUT2D eigenvalue weighted by Crippen LogP contribution is 2.18. The molecule has 1 aliphatic rings. The van der Waals surface area contributed by atoms with Gasteiger partial charge >= 0.3 is 0 Å². The van der Waals surface area contributed by atoms with Crippen LogP contribution in [0.25, 0.3) is 11.0 Å². The zero-order valence-electron chi connectivity index (χ0n) is 15.9. The summed E-state index contributed by atoms with van der Waals surface area (Å²) in [5, 5.41) is 7.71. The van der Waals surface area contributed by atoms with Crippen molar-refractivity contribution in [1.29, 1.82) is 0 Å². The molecule has 0 radical (unpaired) electrons. The molecule has 0 saturated carbocycles. The maximum atomic E-state index is 5.80. The van der Waals surface area contributed by atoms with Crippen molar-refractivity contribution >= 4 is 40.9 Å². The molecule has 2 aromatic rings. The van der Waals surface area contributed by atoms with Gasteiger partial charge in [0.25, 0.3) is 0 Å². The van der Waals surface area contributed by atoms with Crippen LogP contribution < -0.4 is 10.6 Å². The summed E-state index contributed by atoms with van der Waals surface area (Å²) >= 11 is 0. The average molecular weight is 487 g/mol. The minimum Gasteiger partial charge on any atom is -0.459 e. The van der Waals surface area contributed by atoms with Gasteiger partial charge in [0.2, 0.25) is 0 Å². The minimum absolute atomic E-state index is 0. The van der Waals surface area contributed by atoms with Crippen molar-refractivity contribution in [3.63, 3.8) is 0 Å². The highest BCUT2D eigenvalue weighted by Gasteiger charge is 2.13. The Hall–Kier alpha value is -1.32. The van der Waals surface area contributed by atoms with Gasteiger partial charge in [-0.2, -0.15) is 0 Å². The summed E-state index contributed by atoms with van der Waals surface area (Å²) in [6.45, 7) is 4.81. The van der Waals surface area contributed by atoms with Gasteiger partial charge in [0, 0.05) is 45.4 Å². The largest absolute Gasteiger partial charge is 0.459 e. The Bertz CT molecular complexity index is 666. The maximum Gasteiger partial charge on any atom is 0.191 e. The van der Waals surface area contributed by atoms with Crippen molar-refractivity contribution in [1.82, 2.24) is 10.6 Å². The van der Waals surface area contributed by atoms with E-state index < -0.39 is 0 Å². The molecule has 7 heteroatoms. The third-order valence-corrected chi connectivity index (χ3v) is 4.58. The van der Waals surface area contributed by atoms with E-state index in [4.69, 9.17) is 13.9 Å². The highest BCUT2D eigenvalue weighted by atomic mass is 127. The number of furan rings is 1. The van der Waals surface area contributed by atoms with E-state index in [1.165, 1.54) is 0 Å². The molecule has 0 atom stereocenters. The molecule has 1 aromatic heterocycles. The van der Waals surface area contributed by atoms with E-state index in [9.17, 15) is 0 Å². The first-order valence-electron chi connectivity index (χ1n) is 9.42. The van der Waals surface area contributed by atoms with Crippen LogP contribution in [-0.4, -0.2) is 46.0 Å². The van der Waals surface area contributed by atoms with Crippen LogP contribution in [0.4, 0.5) is 0 Å². The molecular formula is C20H30IN3O3. The summed E-state index contributed by atoms with van der Waals surface area (Å²) in [5.41, 5.74) is 0.911. The Kier molecular flexibility index (Phi) is 9.93. The van der Waals surface area contributed by atoms with E-state index in [1.807, 2.05) is 18.2 Å². The zero-order valence-corrected chi connectivity index (χ0v) is 18.2. The number of nitrogens with one attached hydrogen (secondary N) is 2. The second-order valence-corrected chi connectivity index (χ2v) is 6.59. The van der Waals surface area contributed by atoms with Crippen LogP contribution in [0.3, 0.4) is 0 Å². The minimum atomic E-state index is 0. The molecule has 2 N–H and O–H groups in total. The van der Waals surface area contributed by atoms with Crippen LogP contribution in [0.1, 0.15) is 25.0 Å². The molecule has 1 saturated heterocycles. The Morgan fingerprint density at radius 2 is 2.04 bits per heavy atom. The Balaban J connectivity index is 0.00000261. The smallest absolute Gasteiger partial charge is 0.191 e. The second-order valence-electron chi connectivity index (χ2n) is 6.59. The molecule has 150 valence electrons. The van der Waals surface area contributed by atoms with E-state index in [2.05, 4.69) is 27.8 Å². The Morgan fingerprint density at radius 3 is 2.81 bits per heavy atom. The zero-order chi connectivity index (χ0) is 18.0. The summed E-state index contributed by atoms with van der Waals surface area (Å²) < 4.78 is 16.9. The quantitative estimate of drug-likeness (QED) is 0.258. The predicted molar refractivity (Wildman–Crippen MR) is 119 cm³/mol. The second kappa shape index (κ2) is 12.2. The van der Waals surface area contributed by atoms with Crippen molar-refractivity contribution in [3.05, 3.63) is 36.1 Å². The maximum absolute atomic E-state index is 5.80. The number of halogens is 1. The topological polar surface area (TPSA) is 68.0 Å². The molecule has 2 heterocycles. The summed E-state index contributed by atoms with van der Waals surface area (Å²) in [5.74, 6) is 2.33. The third-order valence-electron chi connectivity index (χ3n) is 4.58. The Labute approximate surface area is 178 Å². The van der Waals surface area contributed by atoms with E-state index in [1.54, 1.807) is 7.05 Å². The number of hydrogen-bond acceptors (Lipinski definition) is 4. The number of rotatable bonds is 8. The van der Waals surface area contributed by atoms with E-state index >= 15 is 0 Å². The molecule has 1 aromatic carbocycles. The fourth-order valence-corrected chi connectivity index (χ4v) is 3.06. The van der Waals surface area contributed by atoms with Gasteiger partial charge in [-0.1, -0.05) is 18.2 Å². The lowest BCUT2D eigenvalue weighted by molar-refractivity contribution is 0.0203. The number of nitrogens with zero attached hydrogens (tertiary/aromatic N) is 1. The predicted octanol–water partition coefficient (Wildman–Crippen LogP) is 3.55. The molecule has 3 rings (SSSR count). The van der Waals surface area contributed by atoms with Gasteiger partial charge in [0.05, 0.1) is 6.54 Å². The number of benzene rings is 1. The average Bonchev–Trinajstić information content (AvgIpc) is 3.10. The molecule has 1 fully saturated rings. The first-order chi connectivity index (χ1) is 12.8. The number of para-hydroxylation sites is 1. The standard InChI is InChI=1S/C20H29N3O3.HI/c1-21-20(22-9-4-10-25-15-16-7-11-24-12-8-16)23-14-18-13-17-5-2-3-6-19(17)26-18;/h2-3,5-6,13,16H,4,7-12,14-15H2,1H3,(H2,21,22,23);1H. The molecule has 0 unspecified atom stereocenters. The van der Waals surface area contributed by atoms with Crippen LogP contribution >= 0.6 is 24.0 Å². The number of hydrogen-bond donors (Lipinski definition) is 2. The van der Waals surface area contributed by atoms with E-state index in [0.29, 0.717) is 12.5 Å². The van der Waals surface area contributed by atoms with Crippen molar-refractivity contribution in [3.8, 4) is 0 Å². The van der Waals surface area contributed by atoms with Crippen molar-refractivity contribution in [2.45, 2.75) is 25.8 Å². The molecular weight excluding hydrogens is 457 g/mol. The van der Waals surface area contributed by atoms with Crippen molar-refractivity contribution < 1.29 is 13.9 Å². The number of guanidine groups is 1. The fraction of sp³-hybridized carbons (Fsp3) is 0.550. The highest BCUT2D eigenvalue weighted by molar-refractivity contribution is 14.0. The van der Waals surface area contributed by atoms with Gasteiger partial charge in [0.15, 0.2) is 5.96 Å². The van der Waals surface area contributed by atoms with Gasteiger partial charge in [-0.15, -0.1) is 24.0 Å². The molecule has 0 spiro atoms. The van der Waals surface area contributed by atoms with Crippen molar-refractivity contribution in [2.24, 2.45) is 10.9 Å². The van der Waals surface area contributed by atoms with Gasteiger partial charge in [-0.3, -0.25) is 4.99 Å². The van der Waals surface area contributed by atoms with Crippen LogP contribution in [0.2, 0.25) is 0 Å². The number of ether oxygens (including phenoxy) is 2. The van der Waals surface area contributed by atoms with Gasteiger partial charge in [0.1, 0.15) is 11.3 Å². The summed E-state index contributed by atoms with van der Waals surface area (Å²) in [6.07, 6.45) is 3.20. The molecule has 0 amide bonds. The molecule has 6 nitrogen and oxygen atoms in total. The molecule has 27 heavy (non-hydrogen) atoms. The van der Waals surface area contributed by atoms with Gasteiger partial charge < -0.3 is 24.5 Å². The molecule has 0 aliphatic carbocycles. The third kappa shape index (κ3) is 7.31. The SMILES string of the molecule is CN=C(NCCCOCC1CCOCC1)NCc1cc2ccccc2o1.I. The van der Waals surface area contributed by atoms with E-state index in [-0.39, 0.29) is 24.0 Å². The summed E-state index contributed by atoms with van der Waals surface area (Å²) in [4.78, 5) is 4.25. The Morgan fingerprint density at radius 1 is 1.22 bits per heavy atom.